The van der Waals surface area contributed by atoms with Gasteiger partial charge in [-0.15, -0.1) is 0 Å². The lowest BCUT2D eigenvalue weighted by atomic mass is 9.99. The number of rotatable bonds is 7. The fourth-order valence-corrected chi connectivity index (χ4v) is 4.28. The summed E-state index contributed by atoms with van der Waals surface area (Å²) >= 11 is 0. The van der Waals surface area contributed by atoms with Crippen LogP contribution in [0, 0.1) is 0 Å². The molecule has 0 aliphatic carbocycles. The van der Waals surface area contributed by atoms with E-state index in [2.05, 4.69) is 64.9 Å². The van der Waals surface area contributed by atoms with E-state index in [4.69, 9.17) is 5.11 Å². The molecule has 0 unspecified atom stereocenters. The number of fused-ring (bicyclic) bond motifs is 1. The molecule has 1 fully saturated rings. The van der Waals surface area contributed by atoms with Crippen molar-refractivity contribution in [1.29, 1.82) is 0 Å². The van der Waals surface area contributed by atoms with E-state index in [-0.39, 0.29) is 18.5 Å². The SMILES string of the molecule is C[C@@H](N[C@@H]1CCN(c2ccc(C(=O)NCC(=O)O)cc2)C1)c1cccc2ccccc12. The van der Waals surface area contributed by atoms with Crippen molar-refractivity contribution in [3.8, 4) is 0 Å². The van der Waals surface area contributed by atoms with E-state index in [1.165, 1.54) is 16.3 Å². The first-order valence-corrected chi connectivity index (χ1v) is 10.6. The largest absolute Gasteiger partial charge is 0.480 e. The first kappa shape index (κ1) is 20.9. The maximum Gasteiger partial charge on any atom is 0.322 e. The Bertz CT molecular complexity index is 1080. The molecular formula is C25H27N3O3. The van der Waals surface area contributed by atoms with E-state index in [1.54, 1.807) is 12.1 Å². The normalized spacial score (nSPS) is 16.9. The summed E-state index contributed by atoms with van der Waals surface area (Å²) in [6.07, 6.45) is 1.05. The first-order chi connectivity index (χ1) is 15.0. The molecule has 1 aliphatic heterocycles. The van der Waals surface area contributed by atoms with E-state index in [1.807, 2.05) is 12.1 Å². The number of hydrogen-bond donors (Lipinski definition) is 3. The Labute approximate surface area is 181 Å². The lowest BCUT2D eigenvalue weighted by Gasteiger charge is -2.23. The number of amides is 1. The smallest absolute Gasteiger partial charge is 0.322 e. The number of nitrogens with zero attached hydrogens (tertiary/aromatic N) is 1. The highest BCUT2D eigenvalue weighted by Gasteiger charge is 2.24. The highest BCUT2D eigenvalue weighted by atomic mass is 16.4. The van der Waals surface area contributed by atoms with Crippen molar-refractivity contribution in [2.45, 2.75) is 25.4 Å². The molecule has 0 bridgehead atoms. The second kappa shape index (κ2) is 9.18. The van der Waals surface area contributed by atoms with Gasteiger partial charge in [-0.05, 0) is 53.9 Å². The number of hydrogen-bond acceptors (Lipinski definition) is 4. The number of benzene rings is 3. The Kier molecular flexibility index (Phi) is 6.18. The van der Waals surface area contributed by atoms with Gasteiger partial charge in [0.25, 0.3) is 5.91 Å². The maximum absolute atomic E-state index is 12.0. The monoisotopic (exact) mass is 417 g/mol. The van der Waals surface area contributed by atoms with Gasteiger partial charge < -0.3 is 20.6 Å². The number of carboxylic acid groups (broad SMARTS) is 1. The number of aliphatic carboxylic acids is 1. The summed E-state index contributed by atoms with van der Waals surface area (Å²) in [7, 11) is 0. The van der Waals surface area contributed by atoms with Crippen molar-refractivity contribution in [3.05, 3.63) is 77.9 Å². The van der Waals surface area contributed by atoms with Gasteiger partial charge in [-0.3, -0.25) is 9.59 Å². The molecule has 6 nitrogen and oxygen atoms in total. The number of nitrogens with one attached hydrogen (secondary N) is 2. The minimum Gasteiger partial charge on any atom is -0.480 e. The molecule has 1 aliphatic rings. The van der Waals surface area contributed by atoms with E-state index in [0.717, 1.165) is 25.2 Å². The fourth-order valence-electron chi connectivity index (χ4n) is 4.28. The first-order valence-electron chi connectivity index (χ1n) is 10.6. The van der Waals surface area contributed by atoms with Gasteiger partial charge in [-0.1, -0.05) is 42.5 Å². The second-order valence-electron chi connectivity index (χ2n) is 8.01. The average molecular weight is 418 g/mol. The molecule has 6 heteroatoms. The molecule has 0 aromatic heterocycles. The minimum absolute atomic E-state index is 0.247. The van der Waals surface area contributed by atoms with Gasteiger partial charge in [-0.2, -0.15) is 0 Å². The molecule has 3 aromatic rings. The predicted molar refractivity (Wildman–Crippen MR) is 123 cm³/mol. The van der Waals surface area contributed by atoms with Gasteiger partial charge >= 0.3 is 5.97 Å². The highest BCUT2D eigenvalue weighted by Crippen LogP contribution is 2.26. The zero-order valence-corrected chi connectivity index (χ0v) is 17.5. The molecule has 160 valence electrons. The summed E-state index contributed by atoms with van der Waals surface area (Å²) < 4.78 is 0. The fraction of sp³-hybridized carbons (Fsp3) is 0.280. The standard InChI is InChI=1S/C25H27N3O3/c1-17(22-8-4-6-18-5-2-3-7-23(18)22)27-20-13-14-28(16-20)21-11-9-19(10-12-21)25(31)26-15-24(29)30/h2-12,17,20,27H,13-16H2,1H3,(H,26,31)(H,29,30)/t17-,20-/m1/s1. The van der Waals surface area contributed by atoms with Crippen molar-refractivity contribution >= 4 is 28.3 Å². The summed E-state index contributed by atoms with van der Waals surface area (Å²) in [6.45, 7) is 3.69. The zero-order valence-electron chi connectivity index (χ0n) is 17.5. The molecule has 3 N–H and O–H groups in total. The summed E-state index contributed by atoms with van der Waals surface area (Å²) in [5, 5.41) is 17.4. The van der Waals surface area contributed by atoms with Crippen LogP contribution in [0.4, 0.5) is 5.69 Å². The molecule has 2 atom stereocenters. The van der Waals surface area contributed by atoms with Gasteiger partial charge in [0, 0.05) is 36.4 Å². The van der Waals surface area contributed by atoms with E-state index < -0.39 is 5.97 Å². The Morgan fingerprint density at radius 3 is 2.58 bits per heavy atom. The third-order valence-corrected chi connectivity index (χ3v) is 5.86. The summed E-state index contributed by atoms with van der Waals surface area (Å²) in [5.74, 6) is -1.43. The van der Waals surface area contributed by atoms with Gasteiger partial charge in [0.15, 0.2) is 0 Å². The lowest BCUT2D eigenvalue weighted by Crippen LogP contribution is -2.34. The van der Waals surface area contributed by atoms with Gasteiger partial charge in [0.1, 0.15) is 6.54 Å². The Morgan fingerprint density at radius 2 is 1.81 bits per heavy atom. The topological polar surface area (TPSA) is 81.7 Å². The number of carboxylic acids is 1. The highest BCUT2D eigenvalue weighted by molar-refractivity contribution is 5.96. The van der Waals surface area contributed by atoms with Crippen LogP contribution in [-0.2, 0) is 4.79 Å². The zero-order chi connectivity index (χ0) is 21.8. The van der Waals surface area contributed by atoms with Crippen molar-refractivity contribution in [2.75, 3.05) is 24.5 Å². The third kappa shape index (κ3) is 4.86. The average Bonchev–Trinajstić information content (AvgIpc) is 3.25. The van der Waals surface area contributed by atoms with Crippen molar-refractivity contribution in [2.24, 2.45) is 0 Å². The minimum atomic E-state index is -1.06. The Morgan fingerprint density at radius 1 is 1.06 bits per heavy atom. The predicted octanol–water partition coefficient (Wildman–Crippen LogP) is 3.58. The van der Waals surface area contributed by atoms with Crippen LogP contribution in [0.1, 0.15) is 35.3 Å². The van der Waals surface area contributed by atoms with E-state index in [0.29, 0.717) is 11.6 Å². The van der Waals surface area contributed by atoms with Crippen molar-refractivity contribution < 1.29 is 14.7 Å². The van der Waals surface area contributed by atoms with Crippen LogP contribution in [0.25, 0.3) is 10.8 Å². The molecule has 0 saturated carbocycles. The quantitative estimate of drug-likeness (QED) is 0.547. The van der Waals surface area contributed by atoms with Gasteiger partial charge in [0.2, 0.25) is 0 Å². The molecule has 31 heavy (non-hydrogen) atoms. The summed E-state index contributed by atoms with van der Waals surface area (Å²) in [6, 6.07) is 22.9. The number of carbonyl (C=O) groups excluding carboxylic acids is 1. The Balaban J connectivity index is 1.37. The van der Waals surface area contributed by atoms with Crippen LogP contribution in [0.15, 0.2) is 66.7 Å². The second-order valence-corrected chi connectivity index (χ2v) is 8.01. The maximum atomic E-state index is 12.0. The summed E-state index contributed by atoms with van der Waals surface area (Å²) in [4.78, 5) is 24.9. The van der Waals surface area contributed by atoms with Crippen LogP contribution in [-0.4, -0.2) is 42.7 Å². The lowest BCUT2D eigenvalue weighted by molar-refractivity contribution is -0.135. The molecule has 1 amide bonds. The molecule has 3 aromatic carbocycles. The van der Waals surface area contributed by atoms with Crippen LogP contribution in [0.3, 0.4) is 0 Å². The van der Waals surface area contributed by atoms with Crippen molar-refractivity contribution in [3.63, 3.8) is 0 Å². The van der Waals surface area contributed by atoms with Crippen LogP contribution in [0.5, 0.6) is 0 Å². The number of carbonyl (C=O) groups is 2. The van der Waals surface area contributed by atoms with E-state index >= 15 is 0 Å². The van der Waals surface area contributed by atoms with Gasteiger partial charge in [-0.25, -0.2) is 0 Å². The molecular weight excluding hydrogens is 390 g/mol. The molecule has 4 rings (SSSR count). The van der Waals surface area contributed by atoms with Gasteiger partial charge in [0.05, 0.1) is 0 Å². The van der Waals surface area contributed by atoms with Crippen LogP contribution < -0.4 is 15.5 Å². The molecule has 1 heterocycles. The van der Waals surface area contributed by atoms with E-state index in [9.17, 15) is 9.59 Å². The molecule has 1 saturated heterocycles. The number of anilines is 1. The third-order valence-electron chi connectivity index (χ3n) is 5.86. The summed E-state index contributed by atoms with van der Waals surface area (Å²) in [5.41, 5.74) is 2.84. The Hall–Kier alpha value is -3.38. The molecule has 0 radical (unpaired) electrons. The van der Waals surface area contributed by atoms with Crippen molar-refractivity contribution in [1.82, 2.24) is 10.6 Å². The van der Waals surface area contributed by atoms with Crippen LogP contribution in [0.2, 0.25) is 0 Å². The van der Waals surface area contributed by atoms with Crippen LogP contribution >= 0.6 is 0 Å². The molecule has 0 spiro atoms.